The summed E-state index contributed by atoms with van der Waals surface area (Å²) in [5.41, 5.74) is 7.84. The van der Waals surface area contributed by atoms with Crippen molar-refractivity contribution in [3.8, 4) is 11.3 Å². The minimum atomic E-state index is -0.308. The quantitative estimate of drug-likeness (QED) is 0.694. The number of rotatable bonds is 1. The molecule has 0 spiro atoms. The normalized spacial score (nSPS) is 10.9. The predicted molar refractivity (Wildman–Crippen MR) is 62.8 cm³/mol. The highest BCUT2D eigenvalue weighted by molar-refractivity contribution is 5.74. The fourth-order valence-electron chi connectivity index (χ4n) is 1.77. The Bertz CT molecular complexity index is 690. The van der Waals surface area contributed by atoms with Crippen LogP contribution in [0.2, 0.25) is 0 Å². The van der Waals surface area contributed by atoms with Crippen LogP contribution in [-0.2, 0) is 0 Å². The Morgan fingerprint density at radius 1 is 1.29 bits per heavy atom. The molecule has 0 fully saturated rings. The Hall–Kier alpha value is -2.43. The third-order valence-corrected chi connectivity index (χ3v) is 2.57. The van der Waals surface area contributed by atoms with Crippen LogP contribution < -0.4 is 5.73 Å². The number of hydrogen-bond donors (Lipinski definition) is 1. The van der Waals surface area contributed by atoms with Crippen LogP contribution in [0.3, 0.4) is 0 Å². The molecule has 0 bridgehead atoms. The topological polar surface area (TPSA) is 56.2 Å². The molecule has 3 aromatic rings. The molecule has 2 aromatic heterocycles. The zero-order valence-electron chi connectivity index (χ0n) is 8.84. The Kier molecular flexibility index (Phi) is 2.04. The van der Waals surface area contributed by atoms with E-state index in [1.807, 2.05) is 0 Å². The Balaban J connectivity index is 2.27. The molecule has 0 aliphatic heterocycles. The first-order valence-electron chi connectivity index (χ1n) is 5.09. The van der Waals surface area contributed by atoms with Gasteiger partial charge in [-0.3, -0.25) is 9.38 Å². The molecule has 1 aromatic carbocycles. The zero-order chi connectivity index (χ0) is 11.8. The second-order valence-corrected chi connectivity index (χ2v) is 3.66. The van der Waals surface area contributed by atoms with Gasteiger partial charge in [0.1, 0.15) is 17.3 Å². The lowest BCUT2D eigenvalue weighted by molar-refractivity contribution is 0.628. The van der Waals surface area contributed by atoms with Crippen molar-refractivity contribution in [2.45, 2.75) is 0 Å². The highest BCUT2D eigenvalue weighted by Gasteiger charge is 2.11. The van der Waals surface area contributed by atoms with Crippen molar-refractivity contribution in [3.63, 3.8) is 0 Å². The van der Waals surface area contributed by atoms with Crippen molar-refractivity contribution < 1.29 is 4.39 Å². The molecule has 0 unspecified atom stereocenters. The second-order valence-electron chi connectivity index (χ2n) is 3.66. The lowest BCUT2D eigenvalue weighted by atomic mass is 10.1. The Morgan fingerprint density at radius 3 is 2.94 bits per heavy atom. The number of hydrogen-bond acceptors (Lipinski definition) is 3. The van der Waals surface area contributed by atoms with Gasteiger partial charge >= 0.3 is 0 Å². The van der Waals surface area contributed by atoms with Crippen LogP contribution in [-0.4, -0.2) is 14.4 Å². The summed E-state index contributed by atoms with van der Waals surface area (Å²) in [7, 11) is 0. The summed E-state index contributed by atoms with van der Waals surface area (Å²) in [4.78, 5) is 8.30. The molecule has 0 saturated carbocycles. The van der Waals surface area contributed by atoms with Gasteiger partial charge in [0.15, 0.2) is 5.65 Å². The monoisotopic (exact) mass is 228 g/mol. The predicted octanol–water partition coefficient (Wildman–Crippen LogP) is 2.12. The summed E-state index contributed by atoms with van der Waals surface area (Å²) in [5.74, 6) is 0.171. The number of nitrogen functional groups attached to an aromatic ring is 1. The SMILES string of the molecule is Nc1c(-c2cccc(F)c2)nc2cnccn12. The summed E-state index contributed by atoms with van der Waals surface area (Å²) < 4.78 is 14.9. The van der Waals surface area contributed by atoms with E-state index in [9.17, 15) is 4.39 Å². The van der Waals surface area contributed by atoms with Gasteiger partial charge in [-0.2, -0.15) is 0 Å². The molecule has 2 N–H and O–H groups in total. The van der Waals surface area contributed by atoms with E-state index in [-0.39, 0.29) is 5.82 Å². The number of fused-ring (bicyclic) bond motifs is 1. The van der Waals surface area contributed by atoms with E-state index in [2.05, 4.69) is 9.97 Å². The molecular weight excluding hydrogens is 219 g/mol. The molecule has 4 nitrogen and oxygen atoms in total. The Labute approximate surface area is 96.6 Å². The van der Waals surface area contributed by atoms with Crippen molar-refractivity contribution >= 4 is 11.5 Å². The van der Waals surface area contributed by atoms with E-state index in [1.54, 1.807) is 35.1 Å². The highest BCUT2D eigenvalue weighted by Crippen LogP contribution is 2.26. The second kappa shape index (κ2) is 3.55. The van der Waals surface area contributed by atoms with Gasteiger partial charge in [0, 0.05) is 18.0 Å². The molecular formula is C12H9FN4. The standard InChI is InChI=1S/C12H9FN4/c13-9-3-1-2-8(6-9)11-12(14)17-5-4-15-7-10(17)16-11/h1-7H,14H2. The van der Waals surface area contributed by atoms with E-state index < -0.39 is 0 Å². The molecule has 0 amide bonds. The number of anilines is 1. The van der Waals surface area contributed by atoms with Crippen molar-refractivity contribution in [2.24, 2.45) is 0 Å². The number of nitrogens with two attached hydrogens (primary N) is 1. The molecule has 0 saturated heterocycles. The van der Waals surface area contributed by atoms with Crippen molar-refractivity contribution in [1.82, 2.24) is 14.4 Å². The molecule has 0 aliphatic carbocycles. The molecule has 3 rings (SSSR count). The maximum Gasteiger partial charge on any atom is 0.157 e. The van der Waals surface area contributed by atoms with Crippen LogP contribution in [0.5, 0.6) is 0 Å². The van der Waals surface area contributed by atoms with Crippen LogP contribution in [0.4, 0.5) is 10.2 Å². The lowest BCUT2D eigenvalue weighted by Crippen LogP contribution is -1.94. The van der Waals surface area contributed by atoms with E-state index in [0.29, 0.717) is 22.7 Å². The summed E-state index contributed by atoms with van der Waals surface area (Å²) in [5, 5.41) is 0. The molecule has 5 heteroatoms. The summed E-state index contributed by atoms with van der Waals surface area (Å²) in [6.07, 6.45) is 4.96. The molecule has 0 atom stereocenters. The minimum Gasteiger partial charge on any atom is -0.383 e. The first-order valence-corrected chi connectivity index (χ1v) is 5.09. The van der Waals surface area contributed by atoms with Crippen LogP contribution in [0.15, 0.2) is 42.9 Å². The molecule has 17 heavy (non-hydrogen) atoms. The van der Waals surface area contributed by atoms with Crippen molar-refractivity contribution in [3.05, 3.63) is 48.7 Å². The lowest BCUT2D eigenvalue weighted by Gasteiger charge is -1.99. The zero-order valence-corrected chi connectivity index (χ0v) is 8.84. The molecule has 0 aliphatic rings. The molecule has 2 heterocycles. The Morgan fingerprint density at radius 2 is 2.18 bits per heavy atom. The number of nitrogens with zero attached hydrogens (tertiary/aromatic N) is 3. The average Bonchev–Trinajstić information content (AvgIpc) is 2.68. The smallest absolute Gasteiger partial charge is 0.157 e. The van der Waals surface area contributed by atoms with Crippen molar-refractivity contribution in [2.75, 3.05) is 5.73 Å². The van der Waals surface area contributed by atoms with Gasteiger partial charge in [0.05, 0.1) is 6.20 Å². The first-order chi connectivity index (χ1) is 8.25. The molecule has 0 radical (unpaired) electrons. The van der Waals surface area contributed by atoms with Crippen LogP contribution in [0, 0.1) is 5.82 Å². The van der Waals surface area contributed by atoms with E-state index in [4.69, 9.17) is 5.73 Å². The van der Waals surface area contributed by atoms with Gasteiger partial charge in [-0.1, -0.05) is 12.1 Å². The summed E-state index contributed by atoms with van der Waals surface area (Å²) >= 11 is 0. The van der Waals surface area contributed by atoms with Crippen molar-refractivity contribution in [1.29, 1.82) is 0 Å². The number of benzene rings is 1. The van der Waals surface area contributed by atoms with Gasteiger partial charge in [-0.25, -0.2) is 9.37 Å². The van der Waals surface area contributed by atoms with Gasteiger partial charge in [0.25, 0.3) is 0 Å². The van der Waals surface area contributed by atoms with Gasteiger partial charge in [-0.05, 0) is 12.1 Å². The fourth-order valence-corrected chi connectivity index (χ4v) is 1.77. The largest absolute Gasteiger partial charge is 0.383 e. The third-order valence-electron chi connectivity index (χ3n) is 2.57. The van der Waals surface area contributed by atoms with Gasteiger partial charge in [0.2, 0.25) is 0 Å². The van der Waals surface area contributed by atoms with E-state index in [0.717, 1.165) is 0 Å². The average molecular weight is 228 g/mol. The summed E-state index contributed by atoms with van der Waals surface area (Å²) in [6, 6.07) is 6.20. The fraction of sp³-hybridized carbons (Fsp3) is 0. The van der Waals surface area contributed by atoms with Crippen LogP contribution >= 0.6 is 0 Å². The van der Waals surface area contributed by atoms with Crippen LogP contribution in [0.25, 0.3) is 16.9 Å². The molecule has 84 valence electrons. The third kappa shape index (κ3) is 1.52. The number of halogens is 1. The maximum absolute atomic E-state index is 13.2. The maximum atomic E-state index is 13.2. The van der Waals surface area contributed by atoms with Gasteiger partial charge < -0.3 is 5.73 Å². The number of imidazole rings is 1. The van der Waals surface area contributed by atoms with Gasteiger partial charge in [-0.15, -0.1) is 0 Å². The van der Waals surface area contributed by atoms with Crippen LogP contribution in [0.1, 0.15) is 0 Å². The van der Waals surface area contributed by atoms with E-state index >= 15 is 0 Å². The first kappa shape index (κ1) is 9.77. The minimum absolute atomic E-state index is 0.308. The van der Waals surface area contributed by atoms with E-state index in [1.165, 1.54) is 12.1 Å². The number of aromatic nitrogens is 3. The highest BCUT2D eigenvalue weighted by atomic mass is 19.1. The summed E-state index contributed by atoms with van der Waals surface area (Å²) in [6.45, 7) is 0.